The molecule has 0 aliphatic carbocycles. The first-order valence-corrected chi connectivity index (χ1v) is 6.27. The van der Waals surface area contributed by atoms with Crippen molar-refractivity contribution in [1.82, 2.24) is 9.80 Å². The minimum absolute atomic E-state index is 0.389. The molecule has 3 nitrogen and oxygen atoms in total. The first-order chi connectivity index (χ1) is 7.10. The van der Waals surface area contributed by atoms with Gasteiger partial charge >= 0.3 is 0 Å². The zero-order chi connectivity index (χ0) is 10.9. The molecule has 0 aromatic heterocycles. The molecule has 0 saturated carbocycles. The maximum Gasteiger partial charge on any atom is 0.0922 e. The van der Waals surface area contributed by atoms with Gasteiger partial charge in [0.25, 0.3) is 0 Å². The largest absolute Gasteiger partial charge is 0.387 e. The van der Waals surface area contributed by atoms with Crippen LogP contribution in [0.1, 0.15) is 26.7 Å². The van der Waals surface area contributed by atoms with Gasteiger partial charge in [0.1, 0.15) is 0 Å². The van der Waals surface area contributed by atoms with Crippen LogP contribution in [0.5, 0.6) is 0 Å². The standard InChI is InChI=1S/C12H24N2O/c1-11(2)12(15)9-14(10-12)8-7-13-5-3-4-6-13/h11,15H,3-10H2,1-2H3. The molecule has 2 aliphatic heterocycles. The normalized spacial score (nSPS) is 27.2. The molecule has 88 valence electrons. The molecule has 2 rings (SSSR count). The van der Waals surface area contributed by atoms with Crippen molar-refractivity contribution in [3.63, 3.8) is 0 Å². The zero-order valence-corrected chi connectivity index (χ0v) is 10.1. The average Bonchev–Trinajstić information content (AvgIpc) is 2.62. The second kappa shape index (κ2) is 4.40. The summed E-state index contributed by atoms with van der Waals surface area (Å²) in [5, 5.41) is 10.1. The van der Waals surface area contributed by atoms with Crippen LogP contribution in [-0.2, 0) is 0 Å². The van der Waals surface area contributed by atoms with E-state index in [4.69, 9.17) is 0 Å². The van der Waals surface area contributed by atoms with Crippen molar-refractivity contribution >= 4 is 0 Å². The van der Waals surface area contributed by atoms with Crippen LogP contribution < -0.4 is 0 Å². The van der Waals surface area contributed by atoms with Gasteiger partial charge in [-0.05, 0) is 31.8 Å². The molecule has 3 heteroatoms. The lowest BCUT2D eigenvalue weighted by atomic mass is 9.83. The summed E-state index contributed by atoms with van der Waals surface area (Å²) in [6, 6.07) is 0. The summed E-state index contributed by atoms with van der Waals surface area (Å²) < 4.78 is 0. The van der Waals surface area contributed by atoms with Crippen molar-refractivity contribution in [3.05, 3.63) is 0 Å². The summed E-state index contributed by atoms with van der Waals surface area (Å²) in [6.07, 6.45) is 2.74. The van der Waals surface area contributed by atoms with Crippen LogP contribution in [0.15, 0.2) is 0 Å². The second-order valence-corrected chi connectivity index (χ2v) is 5.52. The third-order valence-corrected chi connectivity index (χ3v) is 4.00. The minimum Gasteiger partial charge on any atom is -0.387 e. The highest BCUT2D eigenvalue weighted by atomic mass is 16.3. The molecule has 2 aliphatic rings. The number of nitrogens with zero attached hydrogens (tertiary/aromatic N) is 2. The fraction of sp³-hybridized carbons (Fsp3) is 1.00. The molecule has 0 aromatic rings. The van der Waals surface area contributed by atoms with E-state index >= 15 is 0 Å². The third-order valence-electron chi connectivity index (χ3n) is 4.00. The lowest BCUT2D eigenvalue weighted by Crippen LogP contribution is -2.65. The van der Waals surface area contributed by atoms with E-state index in [2.05, 4.69) is 23.6 Å². The number of rotatable bonds is 4. The van der Waals surface area contributed by atoms with Crippen molar-refractivity contribution in [2.45, 2.75) is 32.3 Å². The van der Waals surface area contributed by atoms with Gasteiger partial charge in [-0.2, -0.15) is 0 Å². The van der Waals surface area contributed by atoms with Crippen LogP contribution in [0.4, 0.5) is 0 Å². The predicted octanol–water partition coefficient (Wildman–Crippen LogP) is 0.785. The van der Waals surface area contributed by atoms with Crippen LogP contribution in [0.25, 0.3) is 0 Å². The number of likely N-dealkylation sites (tertiary alicyclic amines) is 2. The Balaban J connectivity index is 1.63. The fourth-order valence-corrected chi connectivity index (χ4v) is 2.54. The van der Waals surface area contributed by atoms with Gasteiger partial charge in [-0.15, -0.1) is 0 Å². The van der Waals surface area contributed by atoms with Crippen LogP contribution in [0, 0.1) is 5.92 Å². The molecule has 0 aromatic carbocycles. The van der Waals surface area contributed by atoms with Crippen LogP contribution in [0.3, 0.4) is 0 Å². The zero-order valence-electron chi connectivity index (χ0n) is 10.1. The van der Waals surface area contributed by atoms with Gasteiger partial charge in [0.15, 0.2) is 0 Å². The number of aliphatic hydroxyl groups is 1. The lowest BCUT2D eigenvalue weighted by Gasteiger charge is -2.49. The highest BCUT2D eigenvalue weighted by Gasteiger charge is 2.43. The Morgan fingerprint density at radius 1 is 1.07 bits per heavy atom. The Morgan fingerprint density at radius 3 is 2.13 bits per heavy atom. The van der Waals surface area contributed by atoms with E-state index in [1.165, 1.54) is 32.5 Å². The summed E-state index contributed by atoms with van der Waals surface area (Å²) >= 11 is 0. The highest BCUT2D eigenvalue weighted by molar-refractivity contribution is 4.97. The first-order valence-electron chi connectivity index (χ1n) is 6.27. The third kappa shape index (κ3) is 2.52. The lowest BCUT2D eigenvalue weighted by molar-refractivity contribution is -0.128. The molecule has 0 amide bonds. The molecule has 0 atom stereocenters. The molecular weight excluding hydrogens is 188 g/mol. The van der Waals surface area contributed by atoms with Crippen molar-refractivity contribution in [3.8, 4) is 0 Å². The maximum atomic E-state index is 10.1. The van der Waals surface area contributed by atoms with Crippen molar-refractivity contribution in [2.24, 2.45) is 5.92 Å². The van der Waals surface area contributed by atoms with Crippen LogP contribution in [-0.4, -0.2) is 59.8 Å². The monoisotopic (exact) mass is 212 g/mol. The number of β-amino-alcohol motifs (C(OH)–C–C–N with tert-alkyl or cyclic N) is 1. The SMILES string of the molecule is CC(C)C1(O)CN(CCN2CCCC2)C1. The van der Waals surface area contributed by atoms with Crippen molar-refractivity contribution < 1.29 is 5.11 Å². The molecule has 0 bridgehead atoms. The molecule has 0 unspecified atom stereocenters. The summed E-state index contributed by atoms with van der Waals surface area (Å²) in [5.41, 5.74) is -0.398. The fourth-order valence-electron chi connectivity index (χ4n) is 2.54. The van der Waals surface area contributed by atoms with Crippen molar-refractivity contribution in [1.29, 1.82) is 0 Å². The molecule has 1 N–H and O–H groups in total. The van der Waals surface area contributed by atoms with E-state index in [9.17, 15) is 5.11 Å². The summed E-state index contributed by atoms with van der Waals surface area (Å²) in [5.74, 6) is 0.389. The smallest absolute Gasteiger partial charge is 0.0922 e. The Bertz CT molecular complexity index is 206. The summed E-state index contributed by atoms with van der Waals surface area (Å²) in [6.45, 7) is 10.8. The molecular formula is C12H24N2O. The Morgan fingerprint density at radius 2 is 1.60 bits per heavy atom. The number of hydrogen-bond acceptors (Lipinski definition) is 3. The average molecular weight is 212 g/mol. The molecule has 2 fully saturated rings. The minimum atomic E-state index is -0.398. The van der Waals surface area contributed by atoms with Gasteiger partial charge in [0.2, 0.25) is 0 Å². The molecule has 15 heavy (non-hydrogen) atoms. The Labute approximate surface area is 93.1 Å². The summed E-state index contributed by atoms with van der Waals surface area (Å²) in [4.78, 5) is 4.91. The van der Waals surface area contributed by atoms with E-state index in [0.717, 1.165) is 19.6 Å². The van der Waals surface area contributed by atoms with Gasteiger partial charge in [-0.1, -0.05) is 13.8 Å². The van der Waals surface area contributed by atoms with E-state index < -0.39 is 5.60 Å². The van der Waals surface area contributed by atoms with Gasteiger partial charge in [0, 0.05) is 26.2 Å². The predicted molar refractivity (Wildman–Crippen MR) is 61.9 cm³/mol. The van der Waals surface area contributed by atoms with Crippen LogP contribution in [0.2, 0.25) is 0 Å². The molecule has 2 saturated heterocycles. The Kier molecular flexibility index (Phi) is 3.33. The van der Waals surface area contributed by atoms with Gasteiger partial charge in [-0.3, -0.25) is 4.90 Å². The quantitative estimate of drug-likeness (QED) is 0.746. The topological polar surface area (TPSA) is 26.7 Å². The van der Waals surface area contributed by atoms with E-state index in [0.29, 0.717) is 5.92 Å². The van der Waals surface area contributed by atoms with Crippen molar-refractivity contribution in [2.75, 3.05) is 39.3 Å². The van der Waals surface area contributed by atoms with Gasteiger partial charge < -0.3 is 10.0 Å². The summed E-state index contributed by atoms with van der Waals surface area (Å²) in [7, 11) is 0. The molecule has 2 heterocycles. The van der Waals surface area contributed by atoms with Gasteiger partial charge in [-0.25, -0.2) is 0 Å². The highest BCUT2D eigenvalue weighted by Crippen LogP contribution is 2.28. The second-order valence-electron chi connectivity index (χ2n) is 5.52. The first kappa shape index (κ1) is 11.4. The van der Waals surface area contributed by atoms with E-state index in [-0.39, 0.29) is 0 Å². The molecule has 0 radical (unpaired) electrons. The van der Waals surface area contributed by atoms with E-state index in [1.807, 2.05) is 0 Å². The molecule has 0 spiro atoms. The number of hydrogen-bond donors (Lipinski definition) is 1. The van der Waals surface area contributed by atoms with Gasteiger partial charge in [0.05, 0.1) is 5.60 Å². The Hall–Kier alpha value is -0.120. The van der Waals surface area contributed by atoms with E-state index in [1.54, 1.807) is 0 Å². The van der Waals surface area contributed by atoms with Crippen LogP contribution >= 0.6 is 0 Å². The maximum absolute atomic E-state index is 10.1.